The minimum absolute atomic E-state index is 0.00545. The largest absolute Gasteiger partial charge is 0.326 e. The summed E-state index contributed by atoms with van der Waals surface area (Å²) in [5, 5.41) is 3.08. The monoisotopic (exact) mass is 397 g/mol. The van der Waals surface area contributed by atoms with Crippen molar-refractivity contribution in [2.75, 3.05) is 5.32 Å². The fourth-order valence-corrected chi connectivity index (χ4v) is 4.00. The van der Waals surface area contributed by atoms with E-state index in [1.807, 2.05) is 48.8 Å². The molecule has 0 saturated carbocycles. The molecule has 0 aliphatic rings. The maximum Gasteiger partial charge on any atom is 0.225 e. The highest BCUT2D eigenvalue weighted by molar-refractivity contribution is 5.91. The van der Waals surface area contributed by atoms with Crippen LogP contribution < -0.4 is 5.32 Å². The first-order chi connectivity index (χ1) is 14.4. The predicted octanol–water partition coefficient (Wildman–Crippen LogP) is 5.73. The molecule has 4 heteroatoms. The molecule has 2 aromatic carbocycles. The molecule has 1 amide bonds. The molecule has 0 aliphatic heterocycles. The number of anilines is 1. The first-order valence-corrected chi connectivity index (χ1v) is 10.3. The van der Waals surface area contributed by atoms with Crippen LogP contribution in [0.4, 0.5) is 5.69 Å². The fraction of sp³-hybridized carbons (Fsp3) is 0.231. The summed E-state index contributed by atoms with van der Waals surface area (Å²) in [6.45, 7) is 8.28. The van der Waals surface area contributed by atoms with Crippen molar-refractivity contribution < 1.29 is 4.79 Å². The summed E-state index contributed by atoms with van der Waals surface area (Å²) in [6, 6.07) is 18.4. The first kappa shape index (κ1) is 19.9. The smallest absolute Gasteiger partial charge is 0.225 e. The summed E-state index contributed by atoms with van der Waals surface area (Å²) in [5.74, 6) is -0.0938. The molecule has 0 unspecified atom stereocenters. The van der Waals surface area contributed by atoms with Crippen LogP contribution in [0, 0.1) is 27.7 Å². The van der Waals surface area contributed by atoms with Gasteiger partial charge in [-0.15, -0.1) is 0 Å². The maximum absolute atomic E-state index is 13.1. The number of hydrogen-bond donors (Lipinski definition) is 1. The molecule has 30 heavy (non-hydrogen) atoms. The highest BCUT2D eigenvalue weighted by Crippen LogP contribution is 2.32. The van der Waals surface area contributed by atoms with Crippen molar-refractivity contribution in [2.24, 2.45) is 0 Å². The summed E-state index contributed by atoms with van der Waals surface area (Å²) >= 11 is 0. The topological polar surface area (TPSA) is 46.4 Å². The number of aromatic nitrogens is 2. The van der Waals surface area contributed by atoms with Gasteiger partial charge in [0.25, 0.3) is 0 Å². The van der Waals surface area contributed by atoms with Crippen molar-refractivity contribution in [1.29, 1.82) is 0 Å². The normalized spacial score (nSPS) is 12.1. The Labute approximate surface area is 177 Å². The number of aryl methyl sites for hydroxylation is 4. The average Bonchev–Trinajstić information content (AvgIpc) is 3.15. The van der Waals surface area contributed by atoms with Gasteiger partial charge in [0.05, 0.1) is 5.69 Å². The van der Waals surface area contributed by atoms with Gasteiger partial charge in [-0.1, -0.05) is 36.4 Å². The van der Waals surface area contributed by atoms with E-state index in [4.69, 9.17) is 0 Å². The molecule has 2 heterocycles. The molecule has 4 rings (SSSR count). The van der Waals surface area contributed by atoms with Crippen LogP contribution in [0.5, 0.6) is 0 Å². The third kappa shape index (κ3) is 3.86. The van der Waals surface area contributed by atoms with Gasteiger partial charge >= 0.3 is 0 Å². The average molecular weight is 398 g/mol. The van der Waals surface area contributed by atoms with Crippen molar-refractivity contribution in [1.82, 2.24) is 9.38 Å². The quantitative estimate of drug-likeness (QED) is 0.467. The van der Waals surface area contributed by atoms with Crippen molar-refractivity contribution >= 4 is 17.2 Å². The summed E-state index contributed by atoms with van der Waals surface area (Å²) < 4.78 is 2.11. The van der Waals surface area contributed by atoms with E-state index in [1.165, 1.54) is 16.7 Å². The number of nitrogens with one attached hydrogen (secondary N) is 1. The number of benzene rings is 2. The number of pyridine rings is 1. The van der Waals surface area contributed by atoms with E-state index in [9.17, 15) is 4.79 Å². The summed E-state index contributed by atoms with van der Waals surface area (Å²) in [4.78, 5) is 17.7. The van der Waals surface area contributed by atoms with Gasteiger partial charge in [-0.05, 0) is 73.7 Å². The molecule has 1 atom stereocenters. The third-order valence-electron chi connectivity index (χ3n) is 5.86. The van der Waals surface area contributed by atoms with Gasteiger partial charge < -0.3 is 9.72 Å². The zero-order valence-electron chi connectivity index (χ0n) is 17.9. The molecular formula is C26H27N3O. The second-order valence-corrected chi connectivity index (χ2v) is 8.03. The Balaban J connectivity index is 1.70. The van der Waals surface area contributed by atoms with E-state index in [2.05, 4.69) is 60.6 Å². The maximum atomic E-state index is 13.1. The predicted molar refractivity (Wildman–Crippen MR) is 122 cm³/mol. The van der Waals surface area contributed by atoms with E-state index in [0.29, 0.717) is 6.42 Å². The number of hydrogen-bond acceptors (Lipinski definition) is 2. The van der Waals surface area contributed by atoms with E-state index in [-0.39, 0.29) is 11.8 Å². The Morgan fingerprint density at radius 2 is 1.70 bits per heavy atom. The Kier molecular flexibility index (Phi) is 5.40. The lowest BCUT2D eigenvalue weighted by molar-refractivity contribution is -0.116. The molecule has 0 radical (unpaired) electrons. The molecule has 0 aliphatic carbocycles. The highest BCUT2D eigenvalue weighted by atomic mass is 16.1. The van der Waals surface area contributed by atoms with E-state index < -0.39 is 0 Å². The first-order valence-electron chi connectivity index (χ1n) is 10.3. The SMILES string of the molecule is Cc1ccc(NC(=O)C[C@H](c2ccccc2C)c2cnc3c(C)cccn23)cc1C. The van der Waals surface area contributed by atoms with Gasteiger partial charge in [0.2, 0.25) is 5.91 Å². The van der Waals surface area contributed by atoms with Crippen LogP contribution >= 0.6 is 0 Å². The van der Waals surface area contributed by atoms with Crippen molar-refractivity contribution in [3.8, 4) is 0 Å². The molecule has 0 bridgehead atoms. The van der Waals surface area contributed by atoms with Crippen LogP contribution in [0.2, 0.25) is 0 Å². The molecule has 0 saturated heterocycles. The molecular weight excluding hydrogens is 370 g/mol. The van der Waals surface area contributed by atoms with Gasteiger partial charge in [-0.3, -0.25) is 4.79 Å². The molecule has 0 fully saturated rings. The summed E-state index contributed by atoms with van der Waals surface area (Å²) in [5.41, 5.74) is 8.61. The van der Waals surface area contributed by atoms with Gasteiger partial charge in [0, 0.05) is 30.4 Å². The summed E-state index contributed by atoms with van der Waals surface area (Å²) in [7, 11) is 0. The minimum atomic E-state index is -0.0884. The van der Waals surface area contributed by atoms with Crippen molar-refractivity contribution in [2.45, 2.75) is 40.0 Å². The second kappa shape index (κ2) is 8.15. The second-order valence-electron chi connectivity index (χ2n) is 8.03. The Morgan fingerprint density at radius 1 is 0.933 bits per heavy atom. The van der Waals surface area contributed by atoms with Gasteiger partial charge in [0.1, 0.15) is 5.65 Å². The number of carbonyl (C=O) groups excluding carboxylic acids is 1. The van der Waals surface area contributed by atoms with Crippen LogP contribution in [0.1, 0.15) is 45.8 Å². The van der Waals surface area contributed by atoms with Crippen LogP contribution in [0.3, 0.4) is 0 Å². The Bertz CT molecular complexity index is 1220. The number of imidazole rings is 1. The van der Waals surface area contributed by atoms with Gasteiger partial charge in [0.15, 0.2) is 0 Å². The molecule has 4 aromatic rings. The summed E-state index contributed by atoms with van der Waals surface area (Å²) in [6.07, 6.45) is 4.28. The number of amides is 1. The van der Waals surface area contributed by atoms with Gasteiger partial charge in [-0.25, -0.2) is 4.98 Å². The zero-order chi connectivity index (χ0) is 21.3. The van der Waals surface area contributed by atoms with E-state index >= 15 is 0 Å². The zero-order valence-corrected chi connectivity index (χ0v) is 17.9. The van der Waals surface area contributed by atoms with Crippen LogP contribution in [0.15, 0.2) is 67.0 Å². The highest BCUT2D eigenvalue weighted by Gasteiger charge is 2.23. The fourth-order valence-electron chi connectivity index (χ4n) is 4.00. The van der Waals surface area contributed by atoms with Crippen molar-refractivity contribution in [3.05, 3.63) is 101 Å². The molecule has 0 spiro atoms. The van der Waals surface area contributed by atoms with Crippen molar-refractivity contribution in [3.63, 3.8) is 0 Å². The lowest BCUT2D eigenvalue weighted by Crippen LogP contribution is -2.18. The standard InChI is InChI=1S/C26H27N3O/c1-17-11-12-21(14-20(17)4)28-25(30)15-23(22-10-6-5-8-18(22)2)24-16-27-26-19(3)9-7-13-29(24)26/h5-14,16,23H,15H2,1-4H3,(H,28,30)/t23-/m1/s1. The number of rotatable bonds is 5. The molecule has 4 nitrogen and oxygen atoms in total. The Morgan fingerprint density at radius 3 is 2.47 bits per heavy atom. The number of nitrogens with zero attached hydrogens (tertiary/aromatic N) is 2. The Hall–Kier alpha value is -3.40. The van der Waals surface area contributed by atoms with Crippen LogP contribution in [0.25, 0.3) is 5.65 Å². The lowest BCUT2D eigenvalue weighted by atomic mass is 9.89. The molecule has 2 aromatic heterocycles. The van der Waals surface area contributed by atoms with Gasteiger partial charge in [-0.2, -0.15) is 0 Å². The minimum Gasteiger partial charge on any atom is -0.326 e. The third-order valence-corrected chi connectivity index (χ3v) is 5.86. The molecule has 1 N–H and O–H groups in total. The van der Waals surface area contributed by atoms with Crippen LogP contribution in [-0.4, -0.2) is 15.3 Å². The number of carbonyl (C=O) groups is 1. The van der Waals surface area contributed by atoms with E-state index in [1.54, 1.807) is 0 Å². The van der Waals surface area contributed by atoms with Crippen LogP contribution in [-0.2, 0) is 4.79 Å². The molecule has 152 valence electrons. The lowest BCUT2D eigenvalue weighted by Gasteiger charge is -2.19. The number of fused-ring (bicyclic) bond motifs is 1. The van der Waals surface area contributed by atoms with E-state index in [0.717, 1.165) is 28.2 Å².